The van der Waals surface area contributed by atoms with Gasteiger partial charge in [-0.25, -0.2) is 0 Å². The highest BCUT2D eigenvalue weighted by molar-refractivity contribution is 9.10. The van der Waals surface area contributed by atoms with Gasteiger partial charge in [0, 0.05) is 10.0 Å². The molecule has 0 amide bonds. The maximum Gasteiger partial charge on any atom is 0.0726 e. The van der Waals surface area contributed by atoms with Crippen molar-refractivity contribution in [2.45, 2.75) is 5.41 Å². The quantitative estimate of drug-likeness (QED) is 0.225. The van der Waals surface area contributed by atoms with Crippen LogP contribution < -0.4 is 0 Å². The van der Waals surface area contributed by atoms with Crippen LogP contribution in [0.5, 0.6) is 0 Å². The van der Waals surface area contributed by atoms with Crippen LogP contribution in [0.2, 0.25) is 0 Å². The highest BCUT2D eigenvalue weighted by Crippen LogP contribution is 2.64. The van der Waals surface area contributed by atoms with Crippen molar-refractivity contribution in [1.82, 2.24) is 0 Å². The summed E-state index contributed by atoms with van der Waals surface area (Å²) in [5.41, 5.74) is 13.1. The summed E-state index contributed by atoms with van der Waals surface area (Å²) < 4.78 is 1.16. The fourth-order valence-electron chi connectivity index (χ4n) is 6.05. The van der Waals surface area contributed by atoms with Crippen molar-refractivity contribution in [3.8, 4) is 33.4 Å². The number of hydrogen-bond donors (Lipinski definition) is 0. The van der Waals surface area contributed by atoms with Gasteiger partial charge in [0.05, 0.1) is 5.41 Å². The maximum absolute atomic E-state index is 3.88. The second-order valence-corrected chi connectivity index (χ2v) is 9.45. The van der Waals surface area contributed by atoms with E-state index in [2.05, 4.69) is 131 Å². The molecule has 0 fully saturated rings. The molecule has 0 bridgehead atoms. The van der Waals surface area contributed by atoms with Crippen molar-refractivity contribution in [1.29, 1.82) is 0 Å². The third kappa shape index (κ3) is 2.12. The molecule has 0 nitrogen and oxygen atoms in total. The fourth-order valence-corrected chi connectivity index (χ4v) is 6.63. The monoisotopic (exact) mass is 470 g/mol. The first-order valence-electron chi connectivity index (χ1n) is 11.0. The van der Waals surface area contributed by atoms with Gasteiger partial charge in [0.2, 0.25) is 0 Å². The van der Waals surface area contributed by atoms with Crippen LogP contribution in [0.15, 0.2) is 120 Å². The summed E-state index contributed by atoms with van der Waals surface area (Å²) in [5, 5.41) is 0. The van der Waals surface area contributed by atoms with E-state index in [0.29, 0.717) is 0 Å². The van der Waals surface area contributed by atoms with Gasteiger partial charge in [-0.3, -0.25) is 0 Å². The van der Waals surface area contributed by atoms with Gasteiger partial charge in [0.1, 0.15) is 0 Å². The van der Waals surface area contributed by atoms with Gasteiger partial charge >= 0.3 is 0 Å². The van der Waals surface area contributed by atoms with E-state index in [-0.39, 0.29) is 5.41 Å². The molecule has 0 aliphatic heterocycles. The zero-order valence-corrected chi connectivity index (χ0v) is 18.9. The average molecular weight is 471 g/mol. The van der Waals surface area contributed by atoms with Crippen LogP contribution in [-0.2, 0) is 5.41 Å². The molecule has 1 heteroatoms. The molecule has 0 N–H and O–H groups in total. The molecule has 7 rings (SSSR count). The number of halogens is 1. The lowest BCUT2D eigenvalue weighted by Crippen LogP contribution is -2.25. The van der Waals surface area contributed by atoms with Crippen LogP contribution in [0.25, 0.3) is 33.4 Å². The molecule has 0 radical (unpaired) electrons. The van der Waals surface area contributed by atoms with Crippen molar-refractivity contribution >= 4 is 15.9 Å². The molecule has 1 spiro atoms. The standard InChI is InChI=1S/C31H19Br/c32-28-19-9-18-27-30(28)23-13-5-7-16-25(23)31(27)24-15-6-4-12-22(24)29-21(14-8-17-26(29)31)20-10-2-1-3-11-20/h1-19H. The SMILES string of the molecule is Brc1cccc2c1-c1ccccc1C21c2ccccc2-c2c(-c3ccccc3)cccc21. The molecule has 1 atom stereocenters. The summed E-state index contributed by atoms with van der Waals surface area (Å²) in [6.07, 6.45) is 0. The summed E-state index contributed by atoms with van der Waals surface area (Å²) in [5.74, 6) is 0. The van der Waals surface area contributed by atoms with Crippen LogP contribution in [0.4, 0.5) is 0 Å². The lowest BCUT2D eigenvalue weighted by Gasteiger charge is -2.30. The third-order valence-corrected chi connectivity index (χ3v) is 7.83. The van der Waals surface area contributed by atoms with Gasteiger partial charge in [-0.15, -0.1) is 0 Å². The predicted octanol–water partition coefficient (Wildman–Crippen LogP) is 8.46. The highest BCUT2D eigenvalue weighted by Gasteiger charge is 2.52. The Morgan fingerprint density at radius 3 is 1.62 bits per heavy atom. The first-order chi connectivity index (χ1) is 15.8. The highest BCUT2D eigenvalue weighted by atomic mass is 79.9. The second-order valence-electron chi connectivity index (χ2n) is 8.60. The van der Waals surface area contributed by atoms with Gasteiger partial charge in [-0.2, -0.15) is 0 Å². The number of rotatable bonds is 1. The molecule has 32 heavy (non-hydrogen) atoms. The Morgan fingerprint density at radius 2 is 0.906 bits per heavy atom. The Kier molecular flexibility index (Phi) is 3.72. The molecule has 2 aliphatic carbocycles. The molecular weight excluding hydrogens is 452 g/mol. The van der Waals surface area contributed by atoms with Gasteiger partial charge < -0.3 is 0 Å². The first kappa shape index (κ1) is 18.2. The molecule has 0 aromatic heterocycles. The van der Waals surface area contributed by atoms with E-state index in [9.17, 15) is 0 Å². The van der Waals surface area contributed by atoms with Crippen LogP contribution in [-0.4, -0.2) is 0 Å². The molecule has 5 aromatic rings. The summed E-state index contributed by atoms with van der Waals surface area (Å²) in [6, 6.07) is 42.2. The van der Waals surface area contributed by atoms with Crippen LogP contribution >= 0.6 is 15.9 Å². The van der Waals surface area contributed by atoms with Crippen LogP contribution in [0.3, 0.4) is 0 Å². The second kappa shape index (κ2) is 6.54. The van der Waals surface area contributed by atoms with Crippen LogP contribution in [0, 0.1) is 0 Å². The molecular formula is C31H19Br. The third-order valence-electron chi connectivity index (χ3n) is 7.17. The molecule has 5 aromatic carbocycles. The average Bonchev–Trinajstić information content (AvgIpc) is 3.33. The Balaban J connectivity index is 1.69. The minimum Gasteiger partial charge on any atom is -0.0622 e. The van der Waals surface area contributed by atoms with E-state index in [4.69, 9.17) is 0 Å². The van der Waals surface area contributed by atoms with E-state index >= 15 is 0 Å². The minimum atomic E-state index is -0.299. The van der Waals surface area contributed by atoms with Crippen LogP contribution in [0.1, 0.15) is 22.3 Å². The molecule has 0 heterocycles. The van der Waals surface area contributed by atoms with Crippen molar-refractivity contribution in [2.75, 3.05) is 0 Å². The van der Waals surface area contributed by atoms with Crippen molar-refractivity contribution in [3.05, 3.63) is 142 Å². The van der Waals surface area contributed by atoms with E-state index in [1.54, 1.807) is 0 Å². The Morgan fingerprint density at radius 1 is 0.406 bits per heavy atom. The lowest BCUT2D eigenvalue weighted by molar-refractivity contribution is 0.793. The van der Waals surface area contributed by atoms with E-state index < -0.39 is 0 Å². The molecule has 0 saturated heterocycles. The summed E-state index contributed by atoms with van der Waals surface area (Å²) in [4.78, 5) is 0. The largest absolute Gasteiger partial charge is 0.0726 e. The maximum atomic E-state index is 3.88. The number of fused-ring (bicyclic) bond motifs is 10. The van der Waals surface area contributed by atoms with E-state index in [1.807, 2.05) is 0 Å². The number of hydrogen-bond acceptors (Lipinski definition) is 0. The smallest absolute Gasteiger partial charge is 0.0622 e. The summed E-state index contributed by atoms with van der Waals surface area (Å²) in [6.45, 7) is 0. The van der Waals surface area contributed by atoms with E-state index in [0.717, 1.165) is 4.47 Å². The van der Waals surface area contributed by atoms with E-state index in [1.165, 1.54) is 55.6 Å². The molecule has 1 unspecified atom stereocenters. The van der Waals surface area contributed by atoms with Crippen molar-refractivity contribution in [2.24, 2.45) is 0 Å². The molecule has 150 valence electrons. The molecule has 2 aliphatic rings. The summed E-state index contributed by atoms with van der Waals surface area (Å²) >= 11 is 3.88. The summed E-state index contributed by atoms with van der Waals surface area (Å²) in [7, 11) is 0. The number of benzene rings is 5. The Labute approximate surface area is 196 Å². The normalized spacial score (nSPS) is 17.0. The van der Waals surface area contributed by atoms with Crippen molar-refractivity contribution in [3.63, 3.8) is 0 Å². The molecule has 0 saturated carbocycles. The minimum absolute atomic E-state index is 0.299. The lowest BCUT2D eigenvalue weighted by atomic mass is 9.70. The van der Waals surface area contributed by atoms with Crippen molar-refractivity contribution < 1.29 is 0 Å². The zero-order valence-electron chi connectivity index (χ0n) is 17.3. The van der Waals surface area contributed by atoms with Gasteiger partial charge in [-0.1, -0.05) is 125 Å². The van der Waals surface area contributed by atoms with Gasteiger partial charge in [0.25, 0.3) is 0 Å². The topological polar surface area (TPSA) is 0 Å². The zero-order chi connectivity index (χ0) is 21.3. The van der Waals surface area contributed by atoms with Gasteiger partial charge in [-0.05, 0) is 56.1 Å². The fraction of sp³-hybridized carbons (Fsp3) is 0.0323. The Bertz CT molecular complexity index is 1530. The first-order valence-corrected chi connectivity index (χ1v) is 11.8. The Hall–Kier alpha value is -3.42. The predicted molar refractivity (Wildman–Crippen MR) is 136 cm³/mol. The van der Waals surface area contributed by atoms with Gasteiger partial charge in [0.15, 0.2) is 0 Å².